The average molecular weight is 358 g/mol. The smallest absolute Gasteiger partial charge is 0.200 e. The highest BCUT2D eigenvalue weighted by Gasteiger charge is 2.17. The molecule has 112 valence electrons. The molecule has 2 N–H and O–H groups in total. The molecule has 2 aromatic carbocycles. The Kier molecular flexibility index (Phi) is 5.14. The number of nitrogens with two attached hydrogens (primary N) is 1. The zero-order valence-corrected chi connectivity index (χ0v) is 12.9. The summed E-state index contributed by atoms with van der Waals surface area (Å²) in [7, 11) is 1.56. The molecule has 0 aromatic heterocycles. The van der Waals surface area contributed by atoms with Crippen molar-refractivity contribution in [1.82, 2.24) is 0 Å². The molecule has 1 unspecified atom stereocenters. The zero-order valence-electron chi connectivity index (χ0n) is 11.3. The van der Waals surface area contributed by atoms with Crippen LogP contribution in [0.5, 0.6) is 11.5 Å². The maximum absolute atomic E-state index is 13.7. The summed E-state index contributed by atoms with van der Waals surface area (Å²) < 4.78 is 38.1. The van der Waals surface area contributed by atoms with Crippen LogP contribution in [0.1, 0.15) is 11.7 Å². The Morgan fingerprint density at radius 2 is 1.86 bits per heavy atom. The highest BCUT2D eigenvalue weighted by atomic mass is 79.9. The minimum Gasteiger partial charge on any atom is -0.497 e. The number of ether oxygens (including phenoxy) is 2. The van der Waals surface area contributed by atoms with Crippen LogP contribution >= 0.6 is 15.9 Å². The van der Waals surface area contributed by atoms with E-state index in [0.29, 0.717) is 10.2 Å². The molecule has 0 aliphatic carbocycles. The van der Waals surface area contributed by atoms with Crippen LogP contribution in [-0.2, 0) is 0 Å². The molecule has 0 heterocycles. The van der Waals surface area contributed by atoms with Crippen molar-refractivity contribution in [3.8, 4) is 11.5 Å². The number of hydrogen-bond donors (Lipinski definition) is 1. The van der Waals surface area contributed by atoms with E-state index >= 15 is 0 Å². The number of halogens is 3. The van der Waals surface area contributed by atoms with Crippen LogP contribution in [0.15, 0.2) is 40.9 Å². The van der Waals surface area contributed by atoms with Crippen molar-refractivity contribution in [2.45, 2.75) is 6.10 Å². The van der Waals surface area contributed by atoms with Crippen molar-refractivity contribution in [2.24, 2.45) is 5.73 Å². The molecule has 0 radical (unpaired) electrons. The SMILES string of the molecule is COc1ccc(C(CN)Oc2cc(Br)cc(F)c2F)cc1. The van der Waals surface area contributed by atoms with Gasteiger partial charge in [-0.1, -0.05) is 28.1 Å². The summed E-state index contributed by atoms with van der Waals surface area (Å²) in [5, 5.41) is 0. The average Bonchev–Trinajstić information content (AvgIpc) is 2.49. The predicted octanol–water partition coefficient (Wildman–Crippen LogP) is 3.81. The first-order valence-corrected chi connectivity index (χ1v) is 6.99. The molecule has 3 nitrogen and oxygen atoms in total. The van der Waals surface area contributed by atoms with E-state index in [1.807, 2.05) is 0 Å². The molecule has 1 atom stereocenters. The largest absolute Gasteiger partial charge is 0.497 e. The molecule has 6 heteroatoms. The fraction of sp³-hybridized carbons (Fsp3) is 0.200. The molecule has 0 saturated carbocycles. The number of rotatable bonds is 5. The van der Waals surface area contributed by atoms with Crippen LogP contribution < -0.4 is 15.2 Å². The van der Waals surface area contributed by atoms with E-state index in [0.717, 1.165) is 11.6 Å². The number of methoxy groups -OCH3 is 1. The van der Waals surface area contributed by atoms with Crippen LogP contribution in [0.2, 0.25) is 0 Å². The highest BCUT2D eigenvalue weighted by molar-refractivity contribution is 9.10. The van der Waals surface area contributed by atoms with Crippen LogP contribution in [0.3, 0.4) is 0 Å². The fourth-order valence-electron chi connectivity index (χ4n) is 1.84. The minimum absolute atomic E-state index is 0.125. The lowest BCUT2D eigenvalue weighted by Crippen LogP contribution is -2.19. The van der Waals surface area contributed by atoms with E-state index in [4.69, 9.17) is 15.2 Å². The van der Waals surface area contributed by atoms with Gasteiger partial charge in [-0.15, -0.1) is 0 Å². The van der Waals surface area contributed by atoms with Gasteiger partial charge in [-0.3, -0.25) is 0 Å². The fourth-order valence-corrected chi connectivity index (χ4v) is 2.25. The standard InChI is InChI=1S/C15H14BrF2NO2/c1-20-11-4-2-9(3-5-11)14(8-19)21-13-7-10(16)6-12(17)15(13)18/h2-7,14H,8,19H2,1H3. The number of hydrogen-bond acceptors (Lipinski definition) is 3. The summed E-state index contributed by atoms with van der Waals surface area (Å²) in [6.07, 6.45) is -0.584. The second-order valence-corrected chi connectivity index (χ2v) is 5.23. The molecular formula is C15H14BrF2NO2. The third-order valence-corrected chi connectivity index (χ3v) is 3.39. The minimum atomic E-state index is -1.04. The van der Waals surface area contributed by atoms with Crippen LogP contribution in [0, 0.1) is 11.6 Å². The molecule has 0 fully saturated rings. The lowest BCUT2D eigenvalue weighted by Gasteiger charge is -2.19. The zero-order chi connectivity index (χ0) is 15.4. The van der Waals surface area contributed by atoms with Gasteiger partial charge in [-0.25, -0.2) is 4.39 Å². The predicted molar refractivity (Wildman–Crippen MR) is 79.5 cm³/mol. The lowest BCUT2D eigenvalue weighted by molar-refractivity contribution is 0.201. The van der Waals surface area contributed by atoms with E-state index < -0.39 is 17.7 Å². The molecule has 0 saturated heterocycles. The molecule has 21 heavy (non-hydrogen) atoms. The van der Waals surface area contributed by atoms with E-state index in [1.165, 1.54) is 6.07 Å². The maximum atomic E-state index is 13.7. The Morgan fingerprint density at radius 3 is 2.43 bits per heavy atom. The van der Waals surface area contributed by atoms with Gasteiger partial charge < -0.3 is 15.2 Å². The van der Waals surface area contributed by atoms with E-state index in [9.17, 15) is 8.78 Å². The summed E-state index contributed by atoms with van der Waals surface area (Å²) in [5.41, 5.74) is 6.41. The first kappa shape index (κ1) is 15.7. The second kappa shape index (κ2) is 6.87. The molecule has 0 spiro atoms. The van der Waals surface area contributed by atoms with Gasteiger partial charge in [-0.05, 0) is 29.8 Å². The van der Waals surface area contributed by atoms with Crippen molar-refractivity contribution in [3.05, 3.63) is 58.1 Å². The summed E-state index contributed by atoms with van der Waals surface area (Å²) in [6, 6.07) is 9.43. The first-order chi connectivity index (χ1) is 10.0. The van der Waals surface area contributed by atoms with Gasteiger partial charge in [-0.2, -0.15) is 4.39 Å². The van der Waals surface area contributed by atoms with E-state index in [1.54, 1.807) is 31.4 Å². The van der Waals surface area contributed by atoms with Gasteiger partial charge in [0.1, 0.15) is 11.9 Å². The van der Waals surface area contributed by atoms with Gasteiger partial charge in [0.25, 0.3) is 0 Å². The van der Waals surface area contributed by atoms with Gasteiger partial charge in [0.15, 0.2) is 11.6 Å². The molecular weight excluding hydrogens is 344 g/mol. The highest BCUT2D eigenvalue weighted by Crippen LogP contribution is 2.29. The van der Waals surface area contributed by atoms with Crippen LogP contribution in [0.4, 0.5) is 8.78 Å². The van der Waals surface area contributed by atoms with Gasteiger partial charge in [0.2, 0.25) is 5.82 Å². The van der Waals surface area contributed by atoms with Crippen LogP contribution in [0.25, 0.3) is 0 Å². The summed E-state index contributed by atoms with van der Waals surface area (Å²) in [6.45, 7) is 0.125. The Balaban J connectivity index is 2.26. The molecule has 0 aliphatic rings. The van der Waals surface area contributed by atoms with Crippen molar-refractivity contribution in [2.75, 3.05) is 13.7 Å². The Bertz CT molecular complexity index is 620. The van der Waals surface area contributed by atoms with E-state index in [2.05, 4.69) is 15.9 Å². The van der Waals surface area contributed by atoms with Gasteiger partial charge in [0.05, 0.1) is 7.11 Å². The summed E-state index contributed by atoms with van der Waals surface area (Å²) >= 11 is 3.10. The van der Waals surface area contributed by atoms with Gasteiger partial charge >= 0.3 is 0 Å². The topological polar surface area (TPSA) is 44.5 Å². The van der Waals surface area contributed by atoms with Crippen molar-refractivity contribution in [3.63, 3.8) is 0 Å². The molecule has 0 aliphatic heterocycles. The van der Waals surface area contributed by atoms with Crippen molar-refractivity contribution in [1.29, 1.82) is 0 Å². The third-order valence-electron chi connectivity index (χ3n) is 2.93. The van der Waals surface area contributed by atoms with Gasteiger partial charge in [0, 0.05) is 11.0 Å². The van der Waals surface area contributed by atoms with Crippen molar-refractivity contribution >= 4 is 15.9 Å². The molecule has 0 bridgehead atoms. The second-order valence-electron chi connectivity index (χ2n) is 4.32. The molecule has 2 rings (SSSR count). The first-order valence-electron chi connectivity index (χ1n) is 6.20. The van der Waals surface area contributed by atoms with Crippen LogP contribution in [-0.4, -0.2) is 13.7 Å². The monoisotopic (exact) mass is 357 g/mol. The quantitative estimate of drug-likeness (QED) is 0.827. The Hall–Kier alpha value is -1.66. The summed E-state index contributed by atoms with van der Waals surface area (Å²) in [5.74, 6) is -1.52. The van der Waals surface area contributed by atoms with E-state index in [-0.39, 0.29) is 12.3 Å². The summed E-state index contributed by atoms with van der Waals surface area (Å²) in [4.78, 5) is 0. The number of benzene rings is 2. The maximum Gasteiger partial charge on any atom is 0.200 e. The van der Waals surface area contributed by atoms with Crippen molar-refractivity contribution < 1.29 is 18.3 Å². The normalized spacial score (nSPS) is 12.0. The Labute approximate surface area is 129 Å². The Morgan fingerprint density at radius 1 is 1.19 bits per heavy atom. The third kappa shape index (κ3) is 3.71. The molecule has 2 aromatic rings. The lowest BCUT2D eigenvalue weighted by atomic mass is 10.1. The molecule has 0 amide bonds.